The average Bonchev–Trinajstić information content (AvgIpc) is 2.58. The van der Waals surface area contributed by atoms with Crippen LogP contribution in [0.15, 0.2) is 0 Å². The number of rotatable bonds is 4. The van der Waals surface area contributed by atoms with E-state index in [0.717, 1.165) is 6.42 Å². The van der Waals surface area contributed by atoms with Gasteiger partial charge in [-0.2, -0.15) is 5.26 Å². The second-order valence-electron chi connectivity index (χ2n) is 3.62. The van der Waals surface area contributed by atoms with Crippen molar-refractivity contribution in [2.24, 2.45) is 5.92 Å². The molecule has 0 aromatic heterocycles. The lowest BCUT2D eigenvalue weighted by molar-refractivity contribution is -0.128. The fourth-order valence-corrected chi connectivity index (χ4v) is 1.70. The van der Waals surface area contributed by atoms with Crippen LogP contribution in [0.1, 0.15) is 19.8 Å². The van der Waals surface area contributed by atoms with E-state index in [0.29, 0.717) is 13.1 Å². The lowest BCUT2D eigenvalue weighted by Crippen LogP contribution is -2.33. The third-order valence-corrected chi connectivity index (χ3v) is 2.42. The minimum atomic E-state index is -0.280. The molecule has 0 aromatic rings. The molecule has 0 aliphatic carbocycles. The smallest absolute Gasteiger partial charge is 0.226 e. The molecular formula is C10H15N3O2. The van der Waals surface area contributed by atoms with Gasteiger partial charge in [-0.3, -0.25) is 9.59 Å². The van der Waals surface area contributed by atoms with Crippen molar-refractivity contribution in [3.05, 3.63) is 0 Å². The van der Waals surface area contributed by atoms with Crippen molar-refractivity contribution in [3.8, 4) is 6.07 Å². The van der Waals surface area contributed by atoms with Gasteiger partial charge in [0.2, 0.25) is 11.8 Å². The molecule has 1 saturated heterocycles. The highest BCUT2D eigenvalue weighted by molar-refractivity contribution is 5.89. The summed E-state index contributed by atoms with van der Waals surface area (Å²) in [6.45, 7) is 3.21. The highest BCUT2D eigenvalue weighted by Gasteiger charge is 2.33. The molecule has 0 spiro atoms. The van der Waals surface area contributed by atoms with Gasteiger partial charge in [0.1, 0.15) is 6.54 Å². The molecule has 1 atom stereocenters. The number of carbonyl (C=O) groups excluding carboxylic acids is 2. The zero-order valence-corrected chi connectivity index (χ0v) is 8.82. The summed E-state index contributed by atoms with van der Waals surface area (Å²) in [5.41, 5.74) is 0. The summed E-state index contributed by atoms with van der Waals surface area (Å²) in [5, 5.41) is 10.8. The number of nitrogens with one attached hydrogen (secondary N) is 1. The maximum absolute atomic E-state index is 11.5. The molecule has 2 amide bonds. The molecule has 0 saturated carbocycles. The minimum absolute atomic E-state index is 0.0112. The van der Waals surface area contributed by atoms with Gasteiger partial charge in [-0.1, -0.05) is 6.92 Å². The first-order valence-corrected chi connectivity index (χ1v) is 5.11. The lowest BCUT2D eigenvalue weighted by atomic mass is 10.1. The van der Waals surface area contributed by atoms with Gasteiger partial charge < -0.3 is 10.2 Å². The number of likely N-dealkylation sites (tertiary alicyclic amines) is 1. The van der Waals surface area contributed by atoms with Crippen LogP contribution in [0.2, 0.25) is 0 Å². The van der Waals surface area contributed by atoms with Crippen LogP contribution >= 0.6 is 0 Å². The quantitative estimate of drug-likeness (QED) is 0.656. The Morgan fingerprint density at radius 2 is 2.47 bits per heavy atom. The molecule has 0 radical (unpaired) electrons. The molecule has 1 aliphatic rings. The monoisotopic (exact) mass is 209 g/mol. The van der Waals surface area contributed by atoms with E-state index in [4.69, 9.17) is 5.26 Å². The first-order chi connectivity index (χ1) is 7.19. The molecule has 1 heterocycles. The fraction of sp³-hybridized carbons (Fsp3) is 0.700. The second kappa shape index (κ2) is 5.35. The van der Waals surface area contributed by atoms with Gasteiger partial charge in [0.25, 0.3) is 0 Å². The molecule has 1 rings (SSSR count). The summed E-state index contributed by atoms with van der Waals surface area (Å²) in [5.74, 6) is -0.435. The van der Waals surface area contributed by atoms with E-state index in [1.54, 1.807) is 4.90 Å². The summed E-state index contributed by atoms with van der Waals surface area (Å²) < 4.78 is 0. The van der Waals surface area contributed by atoms with Crippen LogP contribution < -0.4 is 5.32 Å². The van der Waals surface area contributed by atoms with Crippen molar-refractivity contribution in [2.75, 3.05) is 19.6 Å². The van der Waals surface area contributed by atoms with Gasteiger partial charge in [-0.25, -0.2) is 0 Å². The van der Waals surface area contributed by atoms with E-state index in [9.17, 15) is 9.59 Å². The highest BCUT2D eigenvalue weighted by Crippen LogP contribution is 2.17. The van der Waals surface area contributed by atoms with Crippen molar-refractivity contribution < 1.29 is 9.59 Å². The van der Waals surface area contributed by atoms with Gasteiger partial charge in [0.15, 0.2) is 0 Å². The first kappa shape index (κ1) is 11.5. The van der Waals surface area contributed by atoms with Gasteiger partial charge in [-0.15, -0.1) is 0 Å². The number of amides is 2. The number of hydrogen-bond acceptors (Lipinski definition) is 3. The van der Waals surface area contributed by atoms with Crippen LogP contribution in [0.3, 0.4) is 0 Å². The third kappa shape index (κ3) is 2.94. The molecule has 0 bridgehead atoms. The summed E-state index contributed by atoms with van der Waals surface area (Å²) >= 11 is 0. The van der Waals surface area contributed by atoms with Crippen LogP contribution in [0, 0.1) is 17.2 Å². The van der Waals surface area contributed by atoms with Crippen molar-refractivity contribution in [3.63, 3.8) is 0 Å². The van der Waals surface area contributed by atoms with E-state index in [1.807, 2.05) is 13.0 Å². The zero-order valence-electron chi connectivity index (χ0n) is 8.82. The van der Waals surface area contributed by atoms with Crippen molar-refractivity contribution in [1.29, 1.82) is 5.26 Å². The number of nitrogens with zero attached hydrogens (tertiary/aromatic N) is 2. The summed E-state index contributed by atoms with van der Waals surface area (Å²) in [7, 11) is 0. The Hall–Kier alpha value is -1.57. The van der Waals surface area contributed by atoms with Gasteiger partial charge in [0.05, 0.1) is 12.0 Å². The largest absolute Gasteiger partial charge is 0.343 e. The fourth-order valence-electron chi connectivity index (χ4n) is 1.70. The van der Waals surface area contributed by atoms with E-state index in [-0.39, 0.29) is 30.7 Å². The predicted octanol–water partition coefficient (Wildman–Crippen LogP) is -0.115. The molecule has 0 aromatic carbocycles. The van der Waals surface area contributed by atoms with Crippen molar-refractivity contribution in [2.45, 2.75) is 19.8 Å². The normalized spacial score (nSPS) is 20.1. The van der Waals surface area contributed by atoms with Gasteiger partial charge in [-0.05, 0) is 6.42 Å². The SMILES string of the molecule is CCCN1C[C@H](C(=O)NCC#N)CC1=O. The molecule has 15 heavy (non-hydrogen) atoms. The Labute approximate surface area is 89.0 Å². The zero-order chi connectivity index (χ0) is 11.3. The molecule has 82 valence electrons. The third-order valence-electron chi connectivity index (χ3n) is 2.42. The van der Waals surface area contributed by atoms with Crippen LogP contribution in [-0.2, 0) is 9.59 Å². The Balaban J connectivity index is 2.44. The van der Waals surface area contributed by atoms with Crippen LogP contribution in [0.5, 0.6) is 0 Å². The van der Waals surface area contributed by atoms with Crippen LogP contribution in [-0.4, -0.2) is 36.3 Å². The Kier molecular flexibility index (Phi) is 4.10. The molecule has 1 aliphatic heterocycles. The maximum atomic E-state index is 11.5. The van der Waals surface area contributed by atoms with Crippen molar-refractivity contribution in [1.82, 2.24) is 10.2 Å². The van der Waals surface area contributed by atoms with Crippen LogP contribution in [0.25, 0.3) is 0 Å². The summed E-state index contributed by atoms with van der Waals surface area (Å²) in [4.78, 5) is 24.6. The van der Waals surface area contributed by atoms with Gasteiger partial charge in [0, 0.05) is 19.5 Å². The lowest BCUT2D eigenvalue weighted by Gasteiger charge is -2.14. The molecule has 5 nitrogen and oxygen atoms in total. The number of nitriles is 1. The van der Waals surface area contributed by atoms with Gasteiger partial charge >= 0.3 is 0 Å². The number of hydrogen-bond donors (Lipinski definition) is 1. The first-order valence-electron chi connectivity index (χ1n) is 5.11. The second-order valence-corrected chi connectivity index (χ2v) is 3.62. The van der Waals surface area contributed by atoms with E-state index >= 15 is 0 Å². The predicted molar refractivity (Wildman–Crippen MR) is 53.6 cm³/mol. The number of carbonyl (C=O) groups is 2. The summed E-state index contributed by atoms with van der Waals surface area (Å²) in [6, 6.07) is 1.84. The molecule has 0 unspecified atom stereocenters. The minimum Gasteiger partial charge on any atom is -0.343 e. The topological polar surface area (TPSA) is 73.2 Å². The molecule has 1 N–H and O–H groups in total. The van der Waals surface area contributed by atoms with E-state index in [1.165, 1.54) is 0 Å². The maximum Gasteiger partial charge on any atom is 0.226 e. The summed E-state index contributed by atoms with van der Waals surface area (Å²) in [6.07, 6.45) is 1.18. The standard InChI is InChI=1S/C10H15N3O2/c1-2-5-13-7-8(6-9(13)14)10(15)12-4-3-11/h8H,2,4-7H2,1H3,(H,12,15)/t8-/m1/s1. The Morgan fingerprint density at radius 3 is 3.07 bits per heavy atom. The molecule has 1 fully saturated rings. The highest BCUT2D eigenvalue weighted by atomic mass is 16.2. The molecule has 5 heteroatoms. The van der Waals surface area contributed by atoms with E-state index in [2.05, 4.69) is 5.32 Å². The average molecular weight is 209 g/mol. The Morgan fingerprint density at radius 1 is 1.73 bits per heavy atom. The van der Waals surface area contributed by atoms with Crippen LogP contribution in [0.4, 0.5) is 0 Å². The Bertz CT molecular complexity index is 296. The van der Waals surface area contributed by atoms with Crippen molar-refractivity contribution >= 4 is 11.8 Å². The molecular weight excluding hydrogens is 194 g/mol. The van der Waals surface area contributed by atoms with E-state index < -0.39 is 0 Å².